The van der Waals surface area contributed by atoms with E-state index in [-0.39, 0.29) is 42.8 Å². The summed E-state index contributed by atoms with van der Waals surface area (Å²) in [4.78, 5) is 0. The van der Waals surface area contributed by atoms with Crippen molar-refractivity contribution in [2.24, 2.45) is 5.73 Å². The van der Waals surface area contributed by atoms with Crippen LogP contribution in [0.3, 0.4) is 0 Å². The van der Waals surface area contributed by atoms with Crippen LogP contribution in [0.1, 0.15) is 0 Å². The third-order valence-corrected chi connectivity index (χ3v) is 1.94. The maximum atomic E-state index is 8.56. The zero-order valence-corrected chi connectivity index (χ0v) is 7.70. The molecule has 0 fully saturated rings. The molecule has 0 heterocycles. The SMILES string of the molecule is NC(=S)SN(CCO)CCO.[NaH]. The number of nitrogens with two attached hydrogens (primary N) is 1. The first-order valence-electron chi connectivity index (χ1n) is 3.14. The predicted octanol–water partition coefficient (Wildman–Crippen LogP) is -1.48. The molecule has 0 aliphatic carbocycles. The van der Waals surface area contributed by atoms with Gasteiger partial charge in [0.2, 0.25) is 0 Å². The summed E-state index contributed by atoms with van der Waals surface area (Å²) < 4.78 is 2.01. The quantitative estimate of drug-likeness (QED) is 0.298. The van der Waals surface area contributed by atoms with E-state index in [0.29, 0.717) is 17.4 Å². The Hall–Kier alpha value is 1.12. The summed E-state index contributed by atoms with van der Waals surface area (Å²) in [7, 11) is 0. The van der Waals surface area contributed by atoms with Gasteiger partial charge < -0.3 is 15.9 Å². The number of aliphatic hydroxyl groups is 2. The van der Waals surface area contributed by atoms with Gasteiger partial charge in [0.15, 0.2) is 0 Å². The van der Waals surface area contributed by atoms with Crippen LogP contribution in [0.5, 0.6) is 0 Å². The molecular formula is C5H13N2NaO2S2. The van der Waals surface area contributed by atoms with Gasteiger partial charge in [0.25, 0.3) is 0 Å². The topological polar surface area (TPSA) is 69.7 Å². The molecule has 68 valence electrons. The summed E-state index contributed by atoms with van der Waals surface area (Å²) in [5.41, 5.74) is 5.24. The fourth-order valence-electron chi connectivity index (χ4n) is 0.553. The predicted molar refractivity (Wildman–Crippen MR) is 57.3 cm³/mol. The van der Waals surface area contributed by atoms with Crippen LogP contribution in [0.2, 0.25) is 0 Å². The second-order valence-electron chi connectivity index (χ2n) is 1.79. The van der Waals surface area contributed by atoms with Gasteiger partial charge in [0.05, 0.1) is 13.2 Å². The van der Waals surface area contributed by atoms with Crippen molar-refractivity contribution in [1.29, 1.82) is 0 Å². The molecule has 0 spiro atoms. The van der Waals surface area contributed by atoms with Crippen LogP contribution in [-0.2, 0) is 0 Å². The Labute approximate surface area is 104 Å². The number of hydrogen-bond donors (Lipinski definition) is 3. The summed E-state index contributed by atoms with van der Waals surface area (Å²) in [6.45, 7) is 0.996. The zero-order valence-electron chi connectivity index (χ0n) is 6.06. The molecule has 0 saturated heterocycles. The molecule has 0 atom stereocenters. The van der Waals surface area contributed by atoms with E-state index in [2.05, 4.69) is 12.2 Å². The van der Waals surface area contributed by atoms with Crippen molar-refractivity contribution in [3.8, 4) is 0 Å². The first-order chi connectivity index (χ1) is 5.20. The van der Waals surface area contributed by atoms with E-state index in [1.165, 1.54) is 11.9 Å². The summed E-state index contributed by atoms with van der Waals surface area (Å²) in [5.74, 6) is 0. The van der Waals surface area contributed by atoms with Crippen LogP contribution in [-0.4, -0.2) is 74.7 Å². The fraction of sp³-hybridized carbons (Fsp3) is 0.800. The van der Waals surface area contributed by atoms with Crippen LogP contribution >= 0.6 is 24.2 Å². The molecule has 0 unspecified atom stereocenters. The Balaban J connectivity index is 0. The molecule has 0 aliphatic heterocycles. The summed E-state index contributed by atoms with van der Waals surface area (Å²) >= 11 is 5.81. The number of rotatable bonds is 5. The van der Waals surface area contributed by atoms with Crippen molar-refractivity contribution >= 4 is 58.0 Å². The van der Waals surface area contributed by atoms with Gasteiger partial charge >= 0.3 is 29.6 Å². The molecule has 0 aromatic heterocycles. The van der Waals surface area contributed by atoms with Gasteiger partial charge in [-0.3, -0.25) is 0 Å². The molecule has 4 nitrogen and oxygen atoms in total. The zero-order chi connectivity index (χ0) is 8.69. The number of thiocarbonyl (C=S) groups is 1. The molecule has 0 aliphatic rings. The standard InChI is InChI=1S/C5H12N2O2S2.Na.H/c6-5(10)11-7(1-3-8)2-4-9;;/h8-9H,1-4H2,(H2,6,10);;. The van der Waals surface area contributed by atoms with Gasteiger partial charge in [0, 0.05) is 13.1 Å². The van der Waals surface area contributed by atoms with Crippen molar-refractivity contribution in [3.63, 3.8) is 0 Å². The molecule has 0 radical (unpaired) electrons. The van der Waals surface area contributed by atoms with Gasteiger partial charge in [-0.15, -0.1) is 0 Å². The average molecular weight is 220 g/mol. The molecule has 0 aromatic rings. The number of hydrogen-bond acceptors (Lipinski definition) is 5. The Morgan fingerprint density at radius 3 is 2.00 bits per heavy atom. The summed E-state index contributed by atoms with van der Waals surface area (Å²) in [6, 6.07) is 0. The van der Waals surface area contributed by atoms with Gasteiger partial charge in [-0.2, -0.15) is 0 Å². The van der Waals surface area contributed by atoms with Gasteiger partial charge in [-0.1, -0.05) is 12.2 Å². The number of aliphatic hydroxyl groups excluding tert-OH is 2. The van der Waals surface area contributed by atoms with E-state index in [9.17, 15) is 0 Å². The maximum absolute atomic E-state index is 8.56. The van der Waals surface area contributed by atoms with E-state index < -0.39 is 0 Å². The van der Waals surface area contributed by atoms with Crippen molar-refractivity contribution in [2.75, 3.05) is 26.3 Å². The van der Waals surface area contributed by atoms with Gasteiger partial charge in [-0.05, 0) is 11.9 Å². The molecule has 4 N–H and O–H groups in total. The minimum absolute atomic E-state index is 0. The van der Waals surface area contributed by atoms with Crippen molar-refractivity contribution in [2.45, 2.75) is 0 Å². The van der Waals surface area contributed by atoms with Crippen molar-refractivity contribution in [3.05, 3.63) is 0 Å². The first-order valence-corrected chi connectivity index (χ1v) is 4.33. The van der Waals surface area contributed by atoms with Crippen molar-refractivity contribution < 1.29 is 10.2 Å². The average Bonchev–Trinajstić information content (AvgIpc) is 1.87. The normalized spacial score (nSPS) is 9.58. The van der Waals surface area contributed by atoms with E-state index in [0.717, 1.165) is 0 Å². The Morgan fingerprint density at radius 2 is 1.75 bits per heavy atom. The summed E-state index contributed by atoms with van der Waals surface area (Å²) in [5, 5.41) is 17.1. The van der Waals surface area contributed by atoms with E-state index in [4.69, 9.17) is 15.9 Å². The molecule has 0 saturated carbocycles. The summed E-state index contributed by atoms with van der Waals surface area (Å²) in [6.07, 6.45) is 0. The first kappa shape index (κ1) is 15.6. The van der Waals surface area contributed by atoms with Crippen LogP contribution in [0.15, 0.2) is 0 Å². The molecule has 0 aromatic carbocycles. The second kappa shape index (κ2) is 10.2. The molecule has 7 heteroatoms. The van der Waals surface area contributed by atoms with E-state index in [1.807, 2.05) is 0 Å². The van der Waals surface area contributed by atoms with Crippen LogP contribution in [0.4, 0.5) is 0 Å². The van der Waals surface area contributed by atoms with Gasteiger partial charge in [-0.25, -0.2) is 4.31 Å². The monoisotopic (exact) mass is 220 g/mol. The minimum atomic E-state index is 0. The molecule has 12 heavy (non-hydrogen) atoms. The van der Waals surface area contributed by atoms with Crippen LogP contribution < -0.4 is 5.73 Å². The van der Waals surface area contributed by atoms with Crippen LogP contribution in [0.25, 0.3) is 0 Å². The number of nitrogens with zero attached hydrogens (tertiary/aromatic N) is 1. The fourth-order valence-corrected chi connectivity index (χ4v) is 1.47. The van der Waals surface area contributed by atoms with E-state index >= 15 is 0 Å². The molecule has 0 rings (SSSR count). The van der Waals surface area contributed by atoms with E-state index in [1.54, 1.807) is 4.31 Å². The second-order valence-corrected chi connectivity index (χ2v) is 3.62. The van der Waals surface area contributed by atoms with Crippen molar-refractivity contribution in [1.82, 2.24) is 4.31 Å². The van der Waals surface area contributed by atoms with Gasteiger partial charge in [0.1, 0.15) is 4.32 Å². The third-order valence-electron chi connectivity index (χ3n) is 0.918. The molecule has 0 amide bonds. The Morgan fingerprint density at radius 1 is 1.33 bits per heavy atom. The third kappa shape index (κ3) is 9.21. The molecule has 0 bridgehead atoms. The Bertz CT molecular complexity index is 122. The molecular weight excluding hydrogens is 207 g/mol. The van der Waals surface area contributed by atoms with Crippen LogP contribution in [0, 0.1) is 0 Å². The Kier molecular flexibility index (Phi) is 13.3.